The third-order valence-electron chi connectivity index (χ3n) is 3.37. The summed E-state index contributed by atoms with van der Waals surface area (Å²) in [5.74, 6) is 0. The van der Waals surface area contributed by atoms with Crippen molar-refractivity contribution in [2.45, 2.75) is 38.8 Å². The quantitative estimate of drug-likeness (QED) is 0.912. The summed E-state index contributed by atoms with van der Waals surface area (Å²) in [6.07, 6.45) is 2.37. The summed E-state index contributed by atoms with van der Waals surface area (Å²) >= 11 is 0. The molecule has 120 valence electrons. The molecule has 1 amide bonds. The van der Waals surface area contributed by atoms with Gasteiger partial charge in [0.15, 0.2) is 0 Å². The summed E-state index contributed by atoms with van der Waals surface area (Å²) < 4.78 is 7.30. The molecule has 5 nitrogen and oxygen atoms in total. The van der Waals surface area contributed by atoms with Gasteiger partial charge in [-0.25, -0.2) is 4.79 Å². The first-order valence-corrected chi connectivity index (χ1v) is 7.51. The number of hydrogen-bond donors (Lipinski definition) is 2. The molecule has 0 aliphatic rings. The van der Waals surface area contributed by atoms with E-state index in [9.17, 15) is 4.79 Å². The van der Waals surface area contributed by atoms with E-state index in [0.717, 1.165) is 0 Å². The third-order valence-corrected chi connectivity index (χ3v) is 3.37. The van der Waals surface area contributed by atoms with E-state index in [1.807, 2.05) is 40.0 Å². The molecule has 0 radical (unpaired) electrons. The molecule has 0 saturated carbocycles. The first-order chi connectivity index (χ1) is 10.3. The number of amides is 1. The summed E-state index contributed by atoms with van der Waals surface area (Å²) in [5.41, 5.74) is 8.02. The standard InChI is InChI=1S/C17H25N3O2/c1-17(2,3)22-16(21)19-10-13(18)9-12-11-20(4)15-8-6-5-7-14(12)15/h5-8,11,13H,9-10,18H2,1-4H3,(H,19,21). The van der Waals surface area contributed by atoms with E-state index in [4.69, 9.17) is 10.5 Å². The van der Waals surface area contributed by atoms with Gasteiger partial charge in [0.1, 0.15) is 5.60 Å². The van der Waals surface area contributed by atoms with Crippen LogP contribution in [0.5, 0.6) is 0 Å². The number of nitrogens with zero attached hydrogens (tertiary/aromatic N) is 1. The van der Waals surface area contributed by atoms with Crippen LogP contribution in [-0.4, -0.2) is 28.8 Å². The van der Waals surface area contributed by atoms with Crippen LogP contribution in [0.15, 0.2) is 30.5 Å². The smallest absolute Gasteiger partial charge is 0.407 e. The molecule has 1 heterocycles. The zero-order chi connectivity index (χ0) is 16.3. The van der Waals surface area contributed by atoms with Crippen molar-refractivity contribution in [3.8, 4) is 0 Å². The molecule has 0 aliphatic heterocycles. The Kier molecular flexibility index (Phi) is 4.76. The highest BCUT2D eigenvalue weighted by Gasteiger charge is 2.17. The van der Waals surface area contributed by atoms with E-state index >= 15 is 0 Å². The van der Waals surface area contributed by atoms with Gasteiger partial charge in [-0.15, -0.1) is 0 Å². The van der Waals surface area contributed by atoms with Crippen molar-refractivity contribution in [2.24, 2.45) is 12.8 Å². The van der Waals surface area contributed by atoms with Gasteiger partial charge in [-0.2, -0.15) is 0 Å². The molecule has 0 saturated heterocycles. The van der Waals surface area contributed by atoms with Gasteiger partial charge in [-0.3, -0.25) is 0 Å². The van der Waals surface area contributed by atoms with Crippen molar-refractivity contribution in [1.29, 1.82) is 0 Å². The fourth-order valence-electron chi connectivity index (χ4n) is 2.47. The van der Waals surface area contributed by atoms with Crippen LogP contribution in [0.1, 0.15) is 26.3 Å². The van der Waals surface area contributed by atoms with Crippen LogP contribution in [0.2, 0.25) is 0 Å². The maximum atomic E-state index is 11.6. The fourth-order valence-corrected chi connectivity index (χ4v) is 2.47. The lowest BCUT2D eigenvalue weighted by Gasteiger charge is -2.20. The summed E-state index contributed by atoms with van der Waals surface area (Å²) in [4.78, 5) is 11.6. The maximum Gasteiger partial charge on any atom is 0.407 e. The second-order valence-electron chi connectivity index (χ2n) is 6.63. The molecule has 1 aromatic carbocycles. The molecule has 3 N–H and O–H groups in total. The van der Waals surface area contributed by atoms with Crippen LogP contribution in [0.4, 0.5) is 4.79 Å². The number of alkyl carbamates (subject to hydrolysis) is 1. The van der Waals surface area contributed by atoms with Gasteiger partial charge in [-0.1, -0.05) is 18.2 Å². The third kappa shape index (κ3) is 4.24. The summed E-state index contributed by atoms with van der Waals surface area (Å²) in [6, 6.07) is 8.08. The molecule has 2 aromatic rings. The van der Waals surface area contributed by atoms with Crippen molar-refractivity contribution >= 4 is 17.0 Å². The average molecular weight is 303 g/mol. The lowest BCUT2D eigenvalue weighted by Crippen LogP contribution is -2.41. The van der Waals surface area contributed by atoms with Crippen molar-refractivity contribution in [1.82, 2.24) is 9.88 Å². The number of aryl methyl sites for hydroxylation is 1. The Morgan fingerprint density at radius 2 is 2.05 bits per heavy atom. The van der Waals surface area contributed by atoms with Crippen LogP contribution >= 0.6 is 0 Å². The van der Waals surface area contributed by atoms with Crippen LogP contribution < -0.4 is 11.1 Å². The fraction of sp³-hybridized carbons (Fsp3) is 0.471. The predicted octanol–water partition coefficient (Wildman–Crippen LogP) is 2.57. The Morgan fingerprint density at radius 1 is 1.36 bits per heavy atom. The number of aromatic nitrogens is 1. The van der Waals surface area contributed by atoms with Crippen LogP contribution in [0.3, 0.4) is 0 Å². The summed E-state index contributed by atoms with van der Waals surface area (Å²) in [7, 11) is 2.02. The maximum absolute atomic E-state index is 11.6. The van der Waals surface area contributed by atoms with E-state index < -0.39 is 11.7 Å². The highest BCUT2D eigenvalue weighted by Crippen LogP contribution is 2.21. The summed E-state index contributed by atoms with van der Waals surface area (Å²) in [6.45, 7) is 5.89. The van der Waals surface area contributed by atoms with Gasteiger partial charge in [0.2, 0.25) is 0 Å². The number of rotatable bonds is 4. The van der Waals surface area contributed by atoms with Gasteiger partial charge in [0.25, 0.3) is 0 Å². The lowest BCUT2D eigenvalue weighted by molar-refractivity contribution is 0.0524. The molecular weight excluding hydrogens is 278 g/mol. The Balaban J connectivity index is 1.94. The van der Waals surface area contributed by atoms with E-state index in [2.05, 4.69) is 28.2 Å². The van der Waals surface area contributed by atoms with Gasteiger partial charge in [-0.05, 0) is 38.8 Å². The number of hydrogen-bond acceptors (Lipinski definition) is 3. The first kappa shape index (κ1) is 16.4. The molecule has 0 bridgehead atoms. The average Bonchev–Trinajstić information content (AvgIpc) is 2.72. The van der Waals surface area contributed by atoms with Crippen LogP contribution in [0, 0.1) is 0 Å². The van der Waals surface area contributed by atoms with Crippen molar-refractivity contribution < 1.29 is 9.53 Å². The monoisotopic (exact) mass is 303 g/mol. The Labute approximate surface area is 131 Å². The minimum Gasteiger partial charge on any atom is -0.444 e. The molecule has 22 heavy (non-hydrogen) atoms. The van der Waals surface area contributed by atoms with Crippen LogP contribution in [0.25, 0.3) is 10.9 Å². The largest absolute Gasteiger partial charge is 0.444 e. The predicted molar refractivity (Wildman–Crippen MR) is 88.8 cm³/mol. The number of para-hydroxylation sites is 1. The lowest BCUT2D eigenvalue weighted by atomic mass is 10.1. The second-order valence-corrected chi connectivity index (χ2v) is 6.63. The number of ether oxygens (including phenoxy) is 1. The number of nitrogens with one attached hydrogen (secondary N) is 1. The van der Waals surface area contributed by atoms with E-state index in [1.165, 1.54) is 16.5 Å². The zero-order valence-corrected chi connectivity index (χ0v) is 13.7. The van der Waals surface area contributed by atoms with E-state index in [-0.39, 0.29) is 6.04 Å². The SMILES string of the molecule is Cn1cc(CC(N)CNC(=O)OC(C)(C)C)c2ccccc21. The Morgan fingerprint density at radius 3 is 2.73 bits per heavy atom. The van der Waals surface area contributed by atoms with Crippen molar-refractivity contribution in [3.05, 3.63) is 36.0 Å². The summed E-state index contributed by atoms with van der Waals surface area (Å²) in [5, 5.41) is 3.93. The number of benzene rings is 1. The zero-order valence-electron chi connectivity index (χ0n) is 13.7. The molecule has 1 atom stereocenters. The normalized spacial score (nSPS) is 13.1. The molecule has 0 fully saturated rings. The minimum atomic E-state index is -0.496. The van der Waals surface area contributed by atoms with Gasteiger partial charge >= 0.3 is 6.09 Å². The van der Waals surface area contributed by atoms with Crippen LogP contribution in [-0.2, 0) is 18.2 Å². The molecule has 1 unspecified atom stereocenters. The van der Waals surface area contributed by atoms with Gasteiger partial charge < -0.3 is 20.4 Å². The Hall–Kier alpha value is -2.01. The van der Waals surface area contributed by atoms with Crippen molar-refractivity contribution in [2.75, 3.05) is 6.54 Å². The number of carbonyl (C=O) groups excluding carboxylic acids is 1. The molecule has 2 rings (SSSR count). The highest BCUT2D eigenvalue weighted by atomic mass is 16.6. The van der Waals surface area contributed by atoms with E-state index in [1.54, 1.807) is 0 Å². The highest BCUT2D eigenvalue weighted by molar-refractivity contribution is 5.83. The molecule has 5 heteroatoms. The second kappa shape index (κ2) is 6.40. The molecule has 0 aliphatic carbocycles. The van der Waals surface area contributed by atoms with Crippen molar-refractivity contribution in [3.63, 3.8) is 0 Å². The van der Waals surface area contributed by atoms with E-state index in [0.29, 0.717) is 13.0 Å². The molecule has 1 aromatic heterocycles. The van der Waals surface area contributed by atoms with Gasteiger partial charge in [0, 0.05) is 36.7 Å². The number of carbonyl (C=O) groups is 1. The topological polar surface area (TPSA) is 69.3 Å². The Bertz CT molecular complexity index is 655. The first-order valence-electron chi connectivity index (χ1n) is 7.51. The molecule has 0 spiro atoms. The number of nitrogens with two attached hydrogens (primary N) is 1. The van der Waals surface area contributed by atoms with Gasteiger partial charge in [0.05, 0.1) is 0 Å². The molecular formula is C17H25N3O2. The minimum absolute atomic E-state index is 0.154. The number of fused-ring (bicyclic) bond motifs is 1.